The molecule has 0 rings (SSSR count). The van der Waals surface area contributed by atoms with Crippen LogP contribution in [-0.4, -0.2) is 30.0 Å². The van der Waals surface area contributed by atoms with Crippen LogP contribution in [0.1, 0.15) is 6.92 Å². The van der Waals surface area contributed by atoms with Gasteiger partial charge in [0.15, 0.2) is 0 Å². The van der Waals surface area contributed by atoms with E-state index in [0.717, 1.165) is 0 Å². The predicted octanol–water partition coefficient (Wildman–Crippen LogP) is 0.536. The Bertz CT molecular complexity index is 134. The van der Waals surface area contributed by atoms with E-state index in [1.165, 1.54) is 17.9 Å². The number of rotatable bonds is 1. The van der Waals surface area contributed by atoms with Crippen molar-refractivity contribution >= 4 is 5.91 Å². The zero-order chi connectivity index (χ0) is 7.44. The number of aliphatic hydroxyl groups is 1. The third-order valence-corrected chi connectivity index (χ3v) is 0.773. The van der Waals surface area contributed by atoms with Gasteiger partial charge in [0.1, 0.15) is 0 Å². The first-order valence-corrected chi connectivity index (χ1v) is 2.62. The molecule has 0 aliphatic carbocycles. The van der Waals surface area contributed by atoms with Crippen LogP contribution in [0.3, 0.4) is 0 Å². The molecule has 3 nitrogen and oxygen atoms in total. The number of carbonyl (C=O) groups excluding carboxylic acids is 1. The second kappa shape index (κ2) is 3.12. The molecule has 1 N–H and O–H groups in total. The van der Waals surface area contributed by atoms with E-state index in [1.807, 2.05) is 0 Å². The van der Waals surface area contributed by atoms with Crippen LogP contribution in [0, 0.1) is 0 Å². The topological polar surface area (TPSA) is 40.5 Å². The maximum Gasteiger partial charge on any atom is 0.249 e. The van der Waals surface area contributed by atoms with Gasteiger partial charge in [-0.25, -0.2) is 0 Å². The predicted molar refractivity (Wildman–Crippen MR) is 35.1 cm³/mol. The Morgan fingerprint density at radius 1 is 1.56 bits per heavy atom. The number of amides is 1. The summed E-state index contributed by atoms with van der Waals surface area (Å²) in [7, 11) is 3.25. The standard InChI is InChI=1S/C6H11NO2/c1-5(8)4-6(9)7(2)3/h4,8H,1-3H3/b5-4-. The Balaban J connectivity index is 3.93. The zero-order valence-corrected chi connectivity index (χ0v) is 5.88. The van der Waals surface area contributed by atoms with Crippen molar-refractivity contribution in [2.75, 3.05) is 14.1 Å². The molecule has 0 spiro atoms. The monoisotopic (exact) mass is 129 g/mol. The molecule has 0 unspecified atom stereocenters. The lowest BCUT2D eigenvalue weighted by molar-refractivity contribution is -0.123. The van der Waals surface area contributed by atoms with Crippen molar-refractivity contribution in [3.63, 3.8) is 0 Å². The highest BCUT2D eigenvalue weighted by Gasteiger charge is 1.97. The molecule has 0 aliphatic heterocycles. The van der Waals surface area contributed by atoms with Crippen LogP contribution in [0.25, 0.3) is 0 Å². The largest absolute Gasteiger partial charge is 0.512 e. The average Bonchev–Trinajstić information content (AvgIpc) is 1.63. The highest BCUT2D eigenvalue weighted by molar-refractivity contribution is 5.87. The number of carbonyl (C=O) groups is 1. The van der Waals surface area contributed by atoms with E-state index in [4.69, 9.17) is 5.11 Å². The molecule has 0 radical (unpaired) electrons. The van der Waals surface area contributed by atoms with Crippen LogP contribution in [-0.2, 0) is 4.79 Å². The highest BCUT2D eigenvalue weighted by Crippen LogP contribution is 1.86. The summed E-state index contributed by atoms with van der Waals surface area (Å²) in [6.45, 7) is 1.46. The molecule has 52 valence electrons. The van der Waals surface area contributed by atoms with E-state index in [9.17, 15) is 4.79 Å². The van der Waals surface area contributed by atoms with Crippen molar-refractivity contribution in [1.82, 2.24) is 4.90 Å². The minimum Gasteiger partial charge on any atom is -0.512 e. The summed E-state index contributed by atoms with van der Waals surface area (Å²) < 4.78 is 0. The molecule has 1 amide bonds. The summed E-state index contributed by atoms with van der Waals surface area (Å²) in [5.74, 6) is -0.163. The first-order valence-electron chi connectivity index (χ1n) is 2.62. The van der Waals surface area contributed by atoms with Crippen molar-refractivity contribution in [2.24, 2.45) is 0 Å². The van der Waals surface area contributed by atoms with Crippen LogP contribution < -0.4 is 0 Å². The van der Waals surface area contributed by atoms with Crippen LogP contribution >= 0.6 is 0 Å². The Morgan fingerprint density at radius 3 is 2.11 bits per heavy atom. The summed E-state index contributed by atoms with van der Waals surface area (Å²) in [6.07, 6.45) is 1.17. The van der Waals surface area contributed by atoms with E-state index in [-0.39, 0.29) is 11.7 Å². The van der Waals surface area contributed by atoms with Gasteiger partial charge in [-0.1, -0.05) is 0 Å². The number of nitrogens with zero attached hydrogens (tertiary/aromatic N) is 1. The van der Waals surface area contributed by atoms with Gasteiger partial charge < -0.3 is 10.0 Å². The van der Waals surface area contributed by atoms with E-state index in [2.05, 4.69) is 0 Å². The number of likely N-dealkylation sites (N-methyl/N-ethyl adjacent to an activating group) is 1. The fourth-order valence-corrected chi connectivity index (χ4v) is 0.308. The van der Waals surface area contributed by atoms with Crippen molar-refractivity contribution in [3.05, 3.63) is 11.8 Å². The van der Waals surface area contributed by atoms with E-state index < -0.39 is 0 Å². The van der Waals surface area contributed by atoms with Crippen molar-refractivity contribution < 1.29 is 9.90 Å². The van der Waals surface area contributed by atoms with Gasteiger partial charge in [0.2, 0.25) is 5.91 Å². The van der Waals surface area contributed by atoms with Gasteiger partial charge >= 0.3 is 0 Å². The molecule has 0 aromatic heterocycles. The van der Waals surface area contributed by atoms with Gasteiger partial charge in [-0.15, -0.1) is 0 Å². The fourth-order valence-electron chi connectivity index (χ4n) is 0.308. The normalized spacial score (nSPS) is 11.2. The molecule has 0 aliphatic rings. The SMILES string of the molecule is C/C(O)=C/C(=O)N(C)C. The molecule has 0 saturated heterocycles. The molecule has 0 heterocycles. The van der Waals surface area contributed by atoms with Crippen LogP contribution in [0.2, 0.25) is 0 Å². The second-order valence-electron chi connectivity index (χ2n) is 2.02. The van der Waals surface area contributed by atoms with Gasteiger partial charge in [0.05, 0.1) is 5.76 Å². The third-order valence-electron chi connectivity index (χ3n) is 0.773. The van der Waals surface area contributed by atoms with Crippen molar-refractivity contribution in [2.45, 2.75) is 6.92 Å². The van der Waals surface area contributed by atoms with Crippen molar-refractivity contribution in [3.8, 4) is 0 Å². The molecule has 9 heavy (non-hydrogen) atoms. The smallest absolute Gasteiger partial charge is 0.249 e. The van der Waals surface area contributed by atoms with Gasteiger partial charge in [0.25, 0.3) is 0 Å². The molecule has 3 heteroatoms. The molecule has 0 saturated carbocycles. The van der Waals surface area contributed by atoms with Gasteiger partial charge in [-0.05, 0) is 6.92 Å². The van der Waals surface area contributed by atoms with Crippen LogP contribution in [0.5, 0.6) is 0 Å². The minimum atomic E-state index is -0.199. The Hall–Kier alpha value is -0.990. The third kappa shape index (κ3) is 3.58. The first kappa shape index (κ1) is 8.01. The maximum atomic E-state index is 10.6. The first-order chi connectivity index (χ1) is 4.04. The lowest BCUT2D eigenvalue weighted by Crippen LogP contribution is -2.19. The summed E-state index contributed by atoms with van der Waals surface area (Å²) in [6, 6.07) is 0. The van der Waals surface area contributed by atoms with E-state index in [0.29, 0.717) is 0 Å². The van der Waals surface area contributed by atoms with E-state index in [1.54, 1.807) is 14.1 Å². The van der Waals surface area contributed by atoms with Crippen LogP contribution in [0.4, 0.5) is 0 Å². The average molecular weight is 129 g/mol. The molecule has 0 atom stereocenters. The fraction of sp³-hybridized carbons (Fsp3) is 0.500. The molecule has 0 fully saturated rings. The zero-order valence-electron chi connectivity index (χ0n) is 5.88. The Kier molecular flexibility index (Phi) is 2.78. The quantitative estimate of drug-likeness (QED) is 0.414. The molecule has 0 aromatic rings. The second-order valence-corrected chi connectivity index (χ2v) is 2.02. The summed E-state index contributed by atoms with van der Waals surface area (Å²) >= 11 is 0. The van der Waals surface area contributed by atoms with Crippen LogP contribution in [0.15, 0.2) is 11.8 Å². The highest BCUT2D eigenvalue weighted by atomic mass is 16.3. The molecular weight excluding hydrogens is 118 g/mol. The van der Waals surface area contributed by atoms with Gasteiger partial charge in [-0.2, -0.15) is 0 Å². The number of allylic oxidation sites excluding steroid dienone is 1. The molecule has 0 bridgehead atoms. The van der Waals surface area contributed by atoms with E-state index >= 15 is 0 Å². The van der Waals surface area contributed by atoms with Gasteiger partial charge in [-0.3, -0.25) is 4.79 Å². The number of aliphatic hydroxyl groups excluding tert-OH is 1. The summed E-state index contributed by atoms with van der Waals surface area (Å²) in [5.41, 5.74) is 0. The van der Waals surface area contributed by atoms with Crippen molar-refractivity contribution in [1.29, 1.82) is 0 Å². The summed E-state index contributed by atoms with van der Waals surface area (Å²) in [4.78, 5) is 12.0. The minimum absolute atomic E-state index is 0.0358. The number of hydrogen-bond acceptors (Lipinski definition) is 2. The Labute approximate surface area is 54.6 Å². The Morgan fingerprint density at radius 2 is 2.00 bits per heavy atom. The van der Waals surface area contributed by atoms with Gasteiger partial charge in [0, 0.05) is 20.2 Å². The lowest BCUT2D eigenvalue weighted by atomic mass is 10.4. The summed E-state index contributed by atoms with van der Waals surface area (Å²) in [5, 5.41) is 8.59. The maximum absolute atomic E-state index is 10.6. The number of hydrogen-bond donors (Lipinski definition) is 1. The molecule has 0 aromatic carbocycles. The molecular formula is C6H11NO2. The lowest BCUT2D eigenvalue weighted by Gasteiger charge is -2.04.